The largest absolute Gasteiger partial charge is 0.456 e. The van der Waals surface area contributed by atoms with Crippen molar-refractivity contribution in [1.82, 2.24) is 5.32 Å². The number of nitrogens with one attached hydrogen (secondary N) is 1. The first-order chi connectivity index (χ1) is 8.08. The van der Waals surface area contributed by atoms with E-state index in [0.717, 1.165) is 25.7 Å². The lowest BCUT2D eigenvalue weighted by atomic mass is 9.92. The maximum Gasteiger partial charge on any atom is 0.303 e. The molecule has 1 rings (SSSR count). The number of nitrogens with zero attached hydrogens (tertiary/aromatic N) is 1. The Labute approximate surface area is 101 Å². The number of amides is 1. The van der Waals surface area contributed by atoms with E-state index in [1.807, 2.05) is 0 Å². The molecule has 0 aromatic carbocycles. The van der Waals surface area contributed by atoms with Gasteiger partial charge in [-0.2, -0.15) is 5.26 Å². The fraction of sp³-hybridized carbons (Fsp3) is 0.750. The average Bonchev–Trinajstić information content (AvgIpc) is 2.53. The van der Waals surface area contributed by atoms with Gasteiger partial charge in [-0.05, 0) is 12.8 Å². The SMILES string of the molecule is CC(=O)OCC(=O)NC1(C#N)CCCCCC1. The molecule has 0 radical (unpaired) electrons. The third-order valence-electron chi connectivity index (χ3n) is 2.96. The molecule has 94 valence electrons. The molecule has 1 saturated carbocycles. The van der Waals surface area contributed by atoms with Crippen LogP contribution in [0.3, 0.4) is 0 Å². The van der Waals surface area contributed by atoms with Gasteiger partial charge in [0.25, 0.3) is 5.91 Å². The second-order valence-electron chi connectivity index (χ2n) is 4.44. The van der Waals surface area contributed by atoms with Crippen molar-refractivity contribution in [2.24, 2.45) is 0 Å². The number of carbonyl (C=O) groups excluding carboxylic acids is 2. The smallest absolute Gasteiger partial charge is 0.303 e. The predicted octanol–water partition coefficient (Wildman–Crippen LogP) is 1.28. The number of carbonyl (C=O) groups is 2. The fourth-order valence-electron chi connectivity index (χ4n) is 2.07. The molecule has 1 fully saturated rings. The molecule has 5 heteroatoms. The summed E-state index contributed by atoms with van der Waals surface area (Å²) in [5.41, 5.74) is -0.770. The molecule has 0 spiro atoms. The highest BCUT2D eigenvalue weighted by Crippen LogP contribution is 2.26. The van der Waals surface area contributed by atoms with Crippen LogP contribution in [0.4, 0.5) is 0 Å². The van der Waals surface area contributed by atoms with Crippen molar-refractivity contribution in [3.8, 4) is 6.07 Å². The number of rotatable bonds is 3. The van der Waals surface area contributed by atoms with E-state index >= 15 is 0 Å². The molecule has 0 bridgehead atoms. The van der Waals surface area contributed by atoms with Gasteiger partial charge < -0.3 is 10.1 Å². The van der Waals surface area contributed by atoms with Crippen molar-refractivity contribution in [3.63, 3.8) is 0 Å². The zero-order valence-electron chi connectivity index (χ0n) is 10.1. The van der Waals surface area contributed by atoms with E-state index in [2.05, 4.69) is 16.1 Å². The molecule has 17 heavy (non-hydrogen) atoms. The van der Waals surface area contributed by atoms with Gasteiger partial charge in [-0.25, -0.2) is 0 Å². The third-order valence-corrected chi connectivity index (χ3v) is 2.96. The molecule has 0 atom stereocenters. The van der Waals surface area contributed by atoms with E-state index in [-0.39, 0.29) is 6.61 Å². The van der Waals surface area contributed by atoms with Gasteiger partial charge in [0, 0.05) is 6.92 Å². The molecule has 1 N–H and O–H groups in total. The second-order valence-corrected chi connectivity index (χ2v) is 4.44. The molecular formula is C12H18N2O3. The van der Waals surface area contributed by atoms with Gasteiger partial charge in [0.05, 0.1) is 6.07 Å². The first-order valence-electron chi connectivity index (χ1n) is 5.94. The minimum Gasteiger partial charge on any atom is -0.456 e. The zero-order chi connectivity index (χ0) is 12.7. The molecule has 0 aromatic rings. The normalized spacial score (nSPS) is 18.6. The molecule has 1 aliphatic rings. The maximum atomic E-state index is 11.6. The molecule has 0 aliphatic heterocycles. The van der Waals surface area contributed by atoms with E-state index in [9.17, 15) is 14.9 Å². The number of hydrogen-bond acceptors (Lipinski definition) is 4. The monoisotopic (exact) mass is 238 g/mol. The summed E-state index contributed by atoms with van der Waals surface area (Å²) >= 11 is 0. The number of esters is 1. The summed E-state index contributed by atoms with van der Waals surface area (Å²) in [6, 6.07) is 2.20. The first-order valence-corrected chi connectivity index (χ1v) is 5.94. The average molecular weight is 238 g/mol. The van der Waals surface area contributed by atoms with Gasteiger partial charge in [-0.1, -0.05) is 25.7 Å². The van der Waals surface area contributed by atoms with E-state index in [0.29, 0.717) is 12.8 Å². The summed E-state index contributed by atoms with van der Waals surface area (Å²) < 4.78 is 4.61. The van der Waals surface area contributed by atoms with Crippen LogP contribution in [-0.2, 0) is 14.3 Å². The van der Waals surface area contributed by atoms with Crippen molar-refractivity contribution < 1.29 is 14.3 Å². The van der Waals surface area contributed by atoms with Gasteiger partial charge >= 0.3 is 5.97 Å². The summed E-state index contributed by atoms with van der Waals surface area (Å²) in [6.45, 7) is 0.942. The minimum atomic E-state index is -0.770. The highest BCUT2D eigenvalue weighted by atomic mass is 16.5. The fourth-order valence-corrected chi connectivity index (χ4v) is 2.07. The van der Waals surface area contributed by atoms with Crippen LogP contribution >= 0.6 is 0 Å². The lowest BCUT2D eigenvalue weighted by molar-refractivity contribution is -0.146. The Bertz CT molecular complexity index is 325. The summed E-state index contributed by atoms with van der Waals surface area (Å²) in [5.74, 6) is -0.893. The Kier molecular flexibility index (Phi) is 4.95. The van der Waals surface area contributed by atoms with Crippen LogP contribution in [0, 0.1) is 11.3 Å². The molecule has 0 saturated heterocycles. The van der Waals surface area contributed by atoms with Gasteiger partial charge in [-0.3, -0.25) is 9.59 Å². The highest BCUT2D eigenvalue weighted by molar-refractivity contribution is 5.80. The van der Waals surface area contributed by atoms with Crippen LogP contribution in [0.1, 0.15) is 45.4 Å². The molecule has 0 aromatic heterocycles. The first kappa shape index (κ1) is 13.5. The Hall–Kier alpha value is -1.57. The van der Waals surface area contributed by atoms with Crippen LogP contribution in [0.5, 0.6) is 0 Å². The van der Waals surface area contributed by atoms with Crippen LogP contribution in [0.2, 0.25) is 0 Å². The van der Waals surface area contributed by atoms with E-state index in [1.54, 1.807) is 0 Å². The van der Waals surface area contributed by atoms with Crippen molar-refractivity contribution >= 4 is 11.9 Å². The molecule has 1 amide bonds. The molecular weight excluding hydrogens is 220 g/mol. The predicted molar refractivity (Wildman–Crippen MR) is 60.8 cm³/mol. The lowest BCUT2D eigenvalue weighted by Crippen LogP contribution is -2.48. The Balaban J connectivity index is 2.52. The Morgan fingerprint density at radius 1 is 1.29 bits per heavy atom. The quantitative estimate of drug-likeness (QED) is 0.593. The van der Waals surface area contributed by atoms with Crippen LogP contribution in [0.25, 0.3) is 0 Å². The van der Waals surface area contributed by atoms with E-state index < -0.39 is 17.4 Å². The van der Waals surface area contributed by atoms with Crippen molar-refractivity contribution in [2.45, 2.75) is 51.0 Å². The van der Waals surface area contributed by atoms with Crippen molar-refractivity contribution in [3.05, 3.63) is 0 Å². The Morgan fingerprint density at radius 3 is 2.35 bits per heavy atom. The van der Waals surface area contributed by atoms with Crippen LogP contribution < -0.4 is 5.32 Å². The van der Waals surface area contributed by atoms with Crippen LogP contribution in [-0.4, -0.2) is 24.0 Å². The second kappa shape index (κ2) is 6.24. The van der Waals surface area contributed by atoms with E-state index in [1.165, 1.54) is 6.92 Å². The van der Waals surface area contributed by atoms with Crippen molar-refractivity contribution in [2.75, 3.05) is 6.61 Å². The maximum absolute atomic E-state index is 11.6. The lowest BCUT2D eigenvalue weighted by Gasteiger charge is -2.26. The number of ether oxygens (including phenoxy) is 1. The van der Waals surface area contributed by atoms with Crippen molar-refractivity contribution in [1.29, 1.82) is 5.26 Å². The minimum absolute atomic E-state index is 0.307. The van der Waals surface area contributed by atoms with E-state index in [4.69, 9.17) is 0 Å². The third kappa shape index (κ3) is 4.43. The summed E-state index contributed by atoms with van der Waals surface area (Å²) in [6.07, 6.45) is 5.44. The van der Waals surface area contributed by atoms with Gasteiger partial charge in [0.15, 0.2) is 6.61 Å². The van der Waals surface area contributed by atoms with Gasteiger partial charge in [0.2, 0.25) is 0 Å². The Morgan fingerprint density at radius 2 is 1.88 bits per heavy atom. The molecule has 5 nitrogen and oxygen atoms in total. The topological polar surface area (TPSA) is 79.2 Å². The molecule has 0 heterocycles. The highest BCUT2D eigenvalue weighted by Gasteiger charge is 2.32. The molecule has 0 unspecified atom stereocenters. The van der Waals surface area contributed by atoms with Gasteiger partial charge in [-0.15, -0.1) is 0 Å². The number of nitriles is 1. The number of hydrogen-bond donors (Lipinski definition) is 1. The van der Waals surface area contributed by atoms with Crippen LogP contribution in [0.15, 0.2) is 0 Å². The summed E-state index contributed by atoms with van der Waals surface area (Å²) in [5, 5.41) is 11.9. The standard InChI is InChI=1S/C12H18N2O3/c1-10(15)17-8-11(16)14-12(9-13)6-4-2-3-5-7-12/h2-8H2,1H3,(H,14,16). The zero-order valence-corrected chi connectivity index (χ0v) is 10.1. The van der Waals surface area contributed by atoms with Gasteiger partial charge in [0.1, 0.15) is 5.54 Å². The molecule has 1 aliphatic carbocycles. The summed E-state index contributed by atoms with van der Waals surface area (Å²) in [4.78, 5) is 22.1. The summed E-state index contributed by atoms with van der Waals surface area (Å²) in [7, 11) is 0.